The lowest BCUT2D eigenvalue weighted by molar-refractivity contribution is -0.199. The summed E-state index contributed by atoms with van der Waals surface area (Å²) >= 11 is 0. The number of carboxylic acid groups (broad SMARTS) is 2. The smallest absolute Gasteiger partial charge is 0.335 e. The molecule has 4 rings (SSSR count). The summed E-state index contributed by atoms with van der Waals surface area (Å²) in [5, 5.41) is 43.0. The summed E-state index contributed by atoms with van der Waals surface area (Å²) in [5.41, 5.74) is 0.0388. The quantitative estimate of drug-likeness (QED) is 0.213. The molecule has 11 nitrogen and oxygen atoms in total. The van der Waals surface area contributed by atoms with Gasteiger partial charge in [-0.3, -0.25) is 14.5 Å². The molecule has 0 aromatic rings. The van der Waals surface area contributed by atoms with Crippen molar-refractivity contribution in [3.8, 4) is 0 Å². The maximum Gasteiger partial charge on any atom is 0.335 e. The van der Waals surface area contributed by atoms with Gasteiger partial charge in [-0.15, -0.1) is 0 Å². The van der Waals surface area contributed by atoms with Crippen LogP contribution < -0.4 is 0 Å². The fourth-order valence-corrected chi connectivity index (χ4v) is 9.66. The lowest BCUT2D eigenvalue weighted by atomic mass is 9.43. The Morgan fingerprint density at radius 3 is 2.00 bits per heavy atom. The Labute approximate surface area is 261 Å². The first kappa shape index (κ1) is 36.4. The second-order valence-electron chi connectivity index (χ2n) is 14.3. The Kier molecular flexibility index (Phi) is 12.4. The highest BCUT2D eigenvalue weighted by Gasteiger charge is 2.64. The van der Waals surface area contributed by atoms with Gasteiger partial charge in [-0.2, -0.15) is 0 Å². The predicted octanol–water partition coefficient (Wildman–Crippen LogP) is 3.12. The number of fused-ring (bicyclic) bond motifs is 5. The Balaban J connectivity index is 0.000000456. The van der Waals surface area contributed by atoms with Gasteiger partial charge >= 0.3 is 17.9 Å². The molecule has 4 fully saturated rings. The van der Waals surface area contributed by atoms with Gasteiger partial charge in [0.1, 0.15) is 11.9 Å². The summed E-state index contributed by atoms with van der Waals surface area (Å²) in [4.78, 5) is 47.7. The van der Waals surface area contributed by atoms with Crippen molar-refractivity contribution < 1.29 is 49.4 Å². The lowest BCUT2D eigenvalue weighted by Gasteiger charge is -2.62. The van der Waals surface area contributed by atoms with Gasteiger partial charge in [-0.25, -0.2) is 9.59 Å². The van der Waals surface area contributed by atoms with Crippen molar-refractivity contribution in [1.29, 1.82) is 0 Å². The molecule has 252 valence electrons. The van der Waals surface area contributed by atoms with Crippen LogP contribution in [0.5, 0.6) is 0 Å². The number of hydrogen-bond acceptors (Lipinski definition) is 9. The molecule has 4 aliphatic rings. The highest BCUT2D eigenvalue weighted by Crippen LogP contribution is 2.68. The van der Waals surface area contributed by atoms with Crippen LogP contribution in [0.4, 0.5) is 0 Å². The molecule has 0 aromatic carbocycles. The zero-order chi connectivity index (χ0) is 33.0. The average molecular weight is 626 g/mol. The van der Waals surface area contributed by atoms with E-state index in [9.17, 15) is 24.3 Å². The molecule has 11 atom stereocenters. The average Bonchev–Trinajstić information content (AvgIpc) is 3.29. The number of rotatable bonds is 11. The van der Waals surface area contributed by atoms with Crippen molar-refractivity contribution in [2.24, 2.45) is 40.4 Å². The lowest BCUT2D eigenvalue weighted by Crippen LogP contribution is -2.60. The summed E-state index contributed by atoms with van der Waals surface area (Å²) in [5.74, 6) is -1.32. The SMILES string of the molecule is CCCN(CCC)CC(=O)O[C@H]1C[C@]2(C)[C@@H](C(C)=O)CC[C@H]2[C@@H]2CC[C@H]3C[C@H](O)CC[C@]3(C)[C@H]21.O=C(O)C(O)C(O)C(=O)O. The van der Waals surface area contributed by atoms with Crippen LogP contribution in [0, 0.1) is 40.4 Å². The number of carboxylic acids is 2. The number of Topliss-reactive ketones (excluding diaryl/α,β-unsaturated/α-hetero) is 1. The van der Waals surface area contributed by atoms with Gasteiger partial charge < -0.3 is 30.3 Å². The minimum Gasteiger partial charge on any atom is -0.479 e. The van der Waals surface area contributed by atoms with E-state index in [4.69, 9.17) is 25.2 Å². The van der Waals surface area contributed by atoms with Crippen LogP contribution in [-0.2, 0) is 23.9 Å². The zero-order valence-electron chi connectivity index (χ0n) is 27.1. The van der Waals surface area contributed by atoms with Crippen molar-refractivity contribution >= 4 is 23.7 Å². The van der Waals surface area contributed by atoms with E-state index in [1.54, 1.807) is 6.92 Å². The van der Waals surface area contributed by atoms with Crippen molar-refractivity contribution in [3.05, 3.63) is 0 Å². The fraction of sp³-hybridized carbons (Fsp3) is 0.879. The van der Waals surface area contributed by atoms with Crippen molar-refractivity contribution in [2.75, 3.05) is 19.6 Å². The molecule has 0 heterocycles. The number of aliphatic carboxylic acids is 2. The first-order chi connectivity index (χ1) is 20.6. The fourth-order valence-electron chi connectivity index (χ4n) is 9.66. The monoisotopic (exact) mass is 625 g/mol. The molecule has 0 bridgehead atoms. The molecular weight excluding hydrogens is 570 g/mol. The van der Waals surface area contributed by atoms with Gasteiger partial charge in [0, 0.05) is 11.8 Å². The molecular formula is C33H55NO10. The van der Waals surface area contributed by atoms with Crippen molar-refractivity contribution in [2.45, 2.75) is 123 Å². The molecule has 0 amide bonds. The molecule has 5 N–H and O–H groups in total. The number of ketones is 1. The molecule has 0 aliphatic heterocycles. The van der Waals surface area contributed by atoms with Crippen LogP contribution in [0.3, 0.4) is 0 Å². The van der Waals surface area contributed by atoms with Crippen LogP contribution >= 0.6 is 0 Å². The number of esters is 1. The van der Waals surface area contributed by atoms with Crippen LogP contribution in [0.15, 0.2) is 0 Å². The number of aliphatic hydroxyl groups is 3. The van der Waals surface area contributed by atoms with E-state index in [-0.39, 0.29) is 34.9 Å². The second-order valence-corrected chi connectivity index (χ2v) is 14.3. The molecule has 0 radical (unpaired) electrons. The molecule has 11 heteroatoms. The third kappa shape index (κ3) is 7.65. The molecule has 0 saturated heterocycles. The second kappa shape index (κ2) is 15.0. The highest BCUT2D eigenvalue weighted by atomic mass is 16.5. The van der Waals surface area contributed by atoms with Gasteiger partial charge in [0.2, 0.25) is 0 Å². The van der Waals surface area contributed by atoms with E-state index in [1.165, 1.54) is 0 Å². The Morgan fingerprint density at radius 1 is 0.886 bits per heavy atom. The summed E-state index contributed by atoms with van der Waals surface area (Å²) in [6, 6.07) is 0. The third-order valence-electron chi connectivity index (χ3n) is 11.6. The molecule has 2 unspecified atom stereocenters. The number of hydrogen-bond donors (Lipinski definition) is 5. The molecule has 4 saturated carbocycles. The maximum absolute atomic E-state index is 13.3. The number of carbonyl (C=O) groups excluding carboxylic acids is 2. The van der Waals surface area contributed by atoms with Gasteiger partial charge in [0.15, 0.2) is 12.2 Å². The van der Waals surface area contributed by atoms with Crippen LogP contribution in [0.25, 0.3) is 0 Å². The van der Waals surface area contributed by atoms with Crippen LogP contribution in [0.1, 0.15) is 98.8 Å². The zero-order valence-corrected chi connectivity index (χ0v) is 27.1. The number of aliphatic hydroxyl groups excluding tert-OH is 3. The van der Waals surface area contributed by atoms with Gasteiger partial charge in [0.25, 0.3) is 0 Å². The summed E-state index contributed by atoms with van der Waals surface area (Å²) in [7, 11) is 0. The highest BCUT2D eigenvalue weighted by molar-refractivity contribution is 5.83. The molecule has 0 aromatic heterocycles. The van der Waals surface area contributed by atoms with Gasteiger partial charge in [-0.05, 0) is 113 Å². The largest absolute Gasteiger partial charge is 0.479 e. The van der Waals surface area contributed by atoms with E-state index in [0.717, 1.165) is 77.3 Å². The normalized spacial score (nSPS) is 37.3. The number of ether oxygens (including phenoxy) is 1. The Bertz CT molecular complexity index is 1010. The van der Waals surface area contributed by atoms with E-state index < -0.39 is 24.1 Å². The predicted molar refractivity (Wildman–Crippen MR) is 161 cm³/mol. The molecule has 44 heavy (non-hydrogen) atoms. The van der Waals surface area contributed by atoms with Gasteiger partial charge in [0.05, 0.1) is 12.6 Å². The summed E-state index contributed by atoms with van der Waals surface area (Å²) in [6.07, 6.45) is 5.24. The van der Waals surface area contributed by atoms with E-state index in [2.05, 4.69) is 32.6 Å². The van der Waals surface area contributed by atoms with E-state index in [0.29, 0.717) is 36.0 Å². The number of nitrogens with zero attached hydrogens (tertiary/aromatic N) is 1. The number of carbonyl (C=O) groups is 4. The summed E-state index contributed by atoms with van der Waals surface area (Å²) in [6.45, 7) is 13.0. The van der Waals surface area contributed by atoms with E-state index in [1.807, 2.05) is 0 Å². The van der Waals surface area contributed by atoms with Crippen LogP contribution in [-0.4, -0.2) is 98.2 Å². The first-order valence-electron chi connectivity index (χ1n) is 16.5. The Hall–Kier alpha value is -2.08. The van der Waals surface area contributed by atoms with Crippen LogP contribution in [0.2, 0.25) is 0 Å². The minimum absolute atomic E-state index is 0.0676. The topological polar surface area (TPSA) is 182 Å². The van der Waals surface area contributed by atoms with Crippen molar-refractivity contribution in [1.82, 2.24) is 4.90 Å². The first-order valence-corrected chi connectivity index (χ1v) is 16.5. The molecule has 0 spiro atoms. The third-order valence-corrected chi connectivity index (χ3v) is 11.6. The minimum atomic E-state index is -2.27. The summed E-state index contributed by atoms with van der Waals surface area (Å²) < 4.78 is 6.47. The maximum atomic E-state index is 13.3. The standard InChI is InChI=1S/C29H49NO4.C4H6O6/c1-6-14-30(15-7-2)18-26(33)34-25-17-29(5)23(19(3)31)10-11-24(29)22-9-8-20-16-21(32)12-13-28(20,4)27(22)25;5-1(3(7)8)2(6)4(9)10/h20-25,27,32H,6-18H2,1-5H3;1-2,5-6H,(H,7,8)(H,9,10)/t20-,21+,22-,23+,24-,25-,27+,28-,29+;/m0./s1. The van der Waals surface area contributed by atoms with Gasteiger partial charge in [-0.1, -0.05) is 27.7 Å². The Morgan fingerprint density at radius 2 is 1.48 bits per heavy atom. The van der Waals surface area contributed by atoms with Crippen molar-refractivity contribution in [3.63, 3.8) is 0 Å². The molecule has 4 aliphatic carbocycles. The van der Waals surface area contributed by atoms with E-state index >= 15 is 0 Å².